The van der Waals surface area contributed by atoms with E-state index in [2.05, 4.69) is 12.2 Å². The Balaban J connectivity index is 2.12. The molecule has 2 rings (SSSR count). The first-order valence-corrected chi connectivity index (χ1v) is 13.2. The second-order valence-corrected chi connectivity index (χ2v) is 9.95. The van der Waals surface area contributed by atoms with E-state index in [0.29, 0.717) is 50.1 Å². The number of ether oxygens (including phenoxy) is 1. The fraction of sp³-hybridized carbons (Fsp3) is 0.483. The third kappa shape index (κ3) is 11.7. The van der Waals surface area contributed by atoms with Crippen molar-refractivity contribution < 1.29 is 34.4 Å². The van der Waals surface area contributed by atoms with Crippen LogP contribution < -0.4 is 5.32 Å². The SMILES string of the molecule is CCCc1ccc(O)c(CN(CCN(CC(=O)O)Cc2cc(CCC(=O)NC(C)C)ccc2O)COC=O)c1. The molecule has 0 atom stereocenters. The van der Waals surface area contributed by atoms with Crippen molar-refractivity contribution in [2.45, 2.75) is 65.6 Å². The van der Waals surface area contributed by atoms with E-state index in [1.165, 1.54) is 0 Å². The molecule has 0 bridgehead atoms. The number of hydrogen-bond acceptors (Lipinski definition) is 8. The number of nitrogens with zero attached hydrogens (tertiary/aromatic N) is 2. The largest absolute Gasteiger partial charge is 0.508 e. The molecular formula is C29H41N3O7. The Bertz CT molecular complexity index is 1090. The van der Waals surface area contributed by atoms with Crippen LogP contribution in [0.3, 0.4) is 0 Å². The molecule has 214 valence electrons. The summed E-state index contributed by atoms with van der Waals surface area (Å²) < 4.78 is 4.98. The van der Waals surface area contributed by atoms with Crippen molar-refractivity contribution in [2.24, 2.45) is 0 Å². The molecule has 0 unspecified atom stereocenters. The standard InChI is InChI=1S/C29H41N3O7/c1-4-5-22-6-9-27(35)25(14-22)17-32(19-39-20-33)13-12-31(18-29(37)38)16-24-15-23(7-10-26(24)34)8-11-28(36)30-21(2)3/h6-7,9-10,14-15,20-21,34-35H,4-5,8,11-13,16-19H2,1-3H3,(H,30,36)(H,37,38). The van der Waals surface area contributed by atoms with Gasteiger partial charge in [0.15, 0.2) is 0 Å². The second kappa shape index (κ2) is 16.4. The molecule has 10 heteroatoms. The minimum Gasteiger partial charge on any atom is -0.508 e. The predicted octanol–water partition coefficient (Wildman–Crippen LogP) is 3.03. The number of aliphatic carboxylic acids is 1. The maximum Gasteiger partial charge on any atom is 0.317 e. The highest BCUT2D eigenvalue weighted by Gasteiger charge is 2.17. The molecule has 39 heavy (non-hydrogen) atoms. The zero-order valence-electron chi connectivity index (χ0n) is 23.1. The summed E-state index contributed by atoms with van der Waals surface area (Å²) in [5.74, 6) is -0.899. The van der Waals surface area contributed by atoms with Crippen molar-refractivity contribution in [1.82, 2.24) is 15.1 Å². The van der Waals surface area contributed by atoms with Crippen LogP contribution in [-0.2, 0) is 45.1 Å². The highest BCUT2D eigenvalue weighted by atomic mass is 16.5. The molecule has 4 N–H and O–H groups in total. The number of hydrogen-bond donors (Lipinski definition) is 4. The second-order valence-electron chi connectivity index (χ2n) is 9.95. The zero-order valence-corrected chi connectivity index (χ0v) is 23.1. The topological polar surface area (TPSA) is 140 Å². The number of carbonyl (C=O) groups is 3. The fourth-order valence-corrected chi connectivity index (χ4v) is 4.28. The van der Waals surface area contributed by atoms with E-state index in [-0.39, 0.29) is 43.3 Å². The summed E-state index contributed by atoms with van der Waals surface area (Å²) in [6.45, 7) is 7.03. The summed E-state index contributed by atoms with van der Waals surface area (Å²) in [6, 6.07) is 10.6. The molecule has 0 aliphatic rings. The lowest BCUT2D eigenvalue weighted by atomic mass is 10.0. The Labute approximate surface area is 230 Å². The minimum atomic E-state index is -1.02. The number of rotatable bonds is 18. The highest BCUT2D eigenvalue weighted by Crippen LogP contribution is 2.23. The van der Waals surface area contributed by atoms with Crippen LogP contribution in [0.25, 0.3) is 0 Å². The smallest absolute Gasteiger partial charge is 0.317 e. The molecule has 10 nitrogen and oxygen atoms in total. The molecule has 0 aliphatic heterocycles. The van der Waals surface area contributed by atoms with Crippen molar-refractivity contribution in [3.05, 3.63) is 58.7 Å². The van der Waals surface area contributed by atoms with Gasteiger partial charge in [0.05, 0.1) is 6.54 Å². The maximum atomic E-state index is 12.0. The maximum absolute atomic E-state index is 12.0. The number of phenols is 2. The van der Waals surface area contributed by atoms with Crippen LogP contribution in [0.15, 0.2) is 36.4 Å². The normalized spacial score (nSPS) is 11.2. The van der Waals surface area contributed by atoms with E-state index in [9.17, 15) is 29.7 Å². The van der Waals surface area contributed by atoms with Crippen LogP contribution in [0.1, 0.15) is 55.9 Å². The van der Waals surface area contributed by atoms with Gasteiger partial charge in [0.25, 0.3) is 6.47 Å². The van der Waals surface area contributed by atoms with E-state index in [1.807, 2.05) is 26.0 Å². The van der Waals surface area contributed by atoms with E-state index in [1.54, 1.807) is 34.1 Å². The van der Waals surface area contributed by atoms with Crippen LogP contribution in [0, 0.1) is 0 Å². The Morgan fingerprint density at radius 1 is 0.949 bits per heavy atom. The van der Waals surface area contributed by atoms with Crippen molar-refractivity contribution in [3.8, 4) is 11.5 Å². The van der Waals surface area contributed by atoms with Crippen molar-refractivity contribution in [1.29, 1.82) is 0 Å². The molecule has 0 spiro atoms. The van der Waals surface area contributed by atoms with Gasteiger partial charge in [-0.05, 0) is 49.9 Å². The summed E-state index contributed by atoms with van der Waals surface area (Å²) in [5, 5.41) is 33.2. The molecule has 2 aromatic rings. The van der Waals surface area contributed by atoms with Gasteiger partial charge in [-0.1, -0.05) is 37.6 Å². The monoisotopic (exact) mass is 543 g/mol. The summed E-state index contributed by atoms with van der Waals surface area (Å²) >= 11 is 0. The predicted molar refractivity (Wildman–Crippen MR) is 147 cm³/mol. The first-order valence-electron chi connectivity index (χ1n) is 13.2. The van der Waals surface area contributed by atoms with Crippen LogP contribution in [0.5, 0.6) is 11.5 Å². The molecule has 0 saturated heterocycles. The van der Waals surface area contributed by atoms with Gasteiger partial charge in [0.2, 0.25) is 5.91 Å². The number of aryl methyl sites for hydroxylation is 2. The van der Waals surface area contributed by atoms with Crippen molar-refractivity contribution >= 4 is 18.3 Å². The number of carbonyl (C=O) groups excluding carboxylic acids is 2. The molecule has 2 aromatic carbocycles. The summed E-state index contributed by atoms with van der Waals surface area (Å²) in [7, 11) is 0. The summed E-state index contributed by atoms with van der Waals surface area (Å²) in [6.07, 6.45) is 2.63. The van der Waals surface area contributed by atoms with Crippen LogP contribution in [-0.4, -0.2) is 75.9 Å². The quantitative estimate of drug-likeness (QED) is 0.165. The Kier molecular flexibility index (Phi) is 13.2. The minimum absolute atomic E-state index is 0.0268. The molecule has 0 fully saturated rings. The first-order chi connectivity index (χ1) is 18.6. The van der Waals surface area contributed by atoms with Crippen LogP contribution >= 0.6 is 0 Å². The zero-order chi connectivity index (χ0) is 28.8. The van der Waals surface area contributed by atoms with Gasteiger partial charge >= 0.3 is 5.97 Å². The lowest BCUT2D eigenvalue weighted by Crippen LogP contribution is -2.38. The number of amides is 1. The molecule has 0 heterocycles. The molecular weight excluding hydrogens is 502 g/mol. The van der Waals surface area contributed by atoms with E-state index in [4.69, 9.17) is 4.74 Å². The molecule has 0 radical (unpaired) electrons. The van der Waals surface area contributed by atoms with Gasteiger partial charge in [-0.3, -0.25) is 24.2 Å². The Morgan fingerprint density at radius 2 is 1.51 bits per heavy atom. The fourth-order valence-electron chi connectivity index (χ4n) is 4.28. The van der Waals surface area contributed by atoms with Gasteiger partial charge in [-0.25, -0.2) is 0 Å². The number of benzene rings is 2. The first kappa shape index (κ1) is 31.6. The average Bonchev–Trinajstić information content (AvgIpc) is 2.87. The van der Waals surface area contributed by atoms with Gasteiger partial charge < -0.3 is 25.4 Å². The van der Waals surface area contributed by atoms with Gasteiger partial charge in [-0.15, -0.1) is 0 Å². The molecule has 1 amide bonds. The molecule has 0 saturated carbocycles. The van der Waals surface area contributed by atoms with Crippen molar-refractivity contribution in [2.75, 3.05) is 26.4 Å². The van der Waals surface area contributed by atoms with E-state index >= 15 is 0 Å². The van der Waals surface area contributed by atoms with Crippen LogP contribution in [0.4, 0.5) is 0 Å². The Morgan fingerprint density at radius 3 is 2.05 bits per heavy atom. The summed E-state index contributed by atoms with van der Waals surface area (Å²) in [5.41, 5.74) is 3.19. The highest BCUT2D eigenvalue weighted by molar-refractivity contribution is 5.76. The Hall–Kier alpha value is -3.63. The van der Waals surface area contributed by atoms with Gasteiger partial charge in [0.1, 0.15) is 18.2 Å². The number of carboxylic acids is 1. The number of nitrogens with one attached hydrogen (secondary N) is 1. The van der Waals surface area contributed by atoms with Crippen LogP contribution in [0.2, 0.25) is 0 Å². The average molecular weight is 544 g/mol. The van der Waals surface area contributed by atoms with Gasteiger partial charge in [0, 0.05) is 49.8 Å². The number of phenolic OH excluding ortho intramolecular Hbond substituents is 2. The lowest BCUT2D eigenvalue weighted by Gasteiger charge is -2.27. The number of aromatic hydroxyl groups is 2. The van der Waals surface area contributed by atoms with E-state index < -0.39 is 5.97 Å². The van der Waals surface area contributed by atoms with Crippen molar-refractivity contribution in [3.63, 3.8) is 0 Å². The number of carboxylic acid groups (broad SMARTS) is 1. The third-order valence-electron chi connectivity index (χ3n) is 6.12. The van der Waals surface area contributed by atoms with E-state index in [0.717, 1.165) is 24.0 Å². The molecule has 0 aromatic heterocycles. The third-order valence-corrected chi connectivity index (χ3v) is 6.12. The van der Waals surface area contributed by atoms with Gasteiger partial charge in [-0.2, -0.15) is 0 Å². The molecule has 0 aliphatic carbocycles. The lowest BCUT2D eigenvalue weighted by molar-refractivity contribution is -0.138. The summed E-state index contributed by atoms with van der Waals surface area (Å²) in [4.78, 5) is 38.0.